The molecular weight excluding hydrogens is 456 g/mol. The lowest BCUT2D eigenvalue weighted by molar-refractivity contribution is -0.120. The number of amides is 1. The van der Waals surface area contributed by atoms with Crippen molar-refractivity contribution in [1.82, 2.24) is 34.5 Å². The summed E-state index contributed by atoms with van der Waals surface area (Å²) in [5.41, 5.74) is 1.01. The molecule has 174 valence electrons. The van der Waals surface area contributed by atoms with Gasteiger partial charge in [0.05, 0.1) is 12.4 Å². The number of H-pyrrole nitrogens is 1. The van der Waals surface area contributed by atoms with Gasteiger partial charge < -0.3 is 15.5 Å². The van der Waals surface area contributed by atoms with E-state index in [1.165, 1.54) is 25.2 Å². The molecule has 2 fully saturated rings. The Bertz CT molecular complexity index is 1360. The van der Waals surface area contributed by atoms with E-state index in [2.05, 4.69) is 30.8 Å². The minimum Gasteiger partial charge on any atom is -0.326 e. The summed E-state index contributed by atoms with van der Waals surface area (Å²) < 4.78 is 1.87. The number of halogens is 1. The summed E-state index contributed by atoms with van der Waals surface area (Å²) in [5.74, 6) is 2.48. The molecule has 6 rings (SSSR count). The Morgan fingerprint density at radius 2 is 2.12 bits per heavy atom. The molecule has 4 aromatic heterocycles. The molecule has 12 heteroatoms. The summed E-state index contributed by atoms with van der Waals surface area (Å²) in [5, 5.41) is 13.9. The zero-order valence-electron chi connectivity index (χ0n) is 18.5. The Morgan fingerprint density at radius 3 is 2.91 bits per heavy atom. The van der Waals surface area contributed by atoms with Crippen molar-refractivity contribution in [3.05, 3.63) is 47.6 Å². The third kappa shape index (κ3) is 3.71. The van der Waals surface area contributed by atoms with Crippen molar-refractivity contribution < 1.29 is 4.79 Å². The number of anilines is 4. The number of nitrogens with zero attached hydrogens (tertiary/aromatic N) is 7. The first-order valence-corrected chi connectivity index (χ1v) is 11.6. The van der Waals surface area contributed by atoms with Gasteiger partial charge in [-0.1, -0.05) is 11.6 Å². The van der Waals surface area contributed by atoms with E-state index >= 15 is 0 Å². The molecule has 0 aromatic carbocycles. The van der Waals surface area contributed by atoms with Crippen LogP contribution >= 0.6 is 11.6 Å². The smallest absolute Gasteiger partial charge is 0.251 e. The molecule has 11 nitrogen and oxygen atoms in total. The standard InChI is InChI=1S/C22H23ClN10O/c1-22(19(34)26-17-12-24-15(23)11-25-17)7-3-9-33(22)21-28-18-4-2-8-32(18)20(29-21)27-16-10-14(30-31-16)13-5-6-13/h2,4,8,10-13H,3,5-7,9H2,1H3,(H,25,26,34)(H2,27,28,29,30,31)/t22-/m0/s1. The van der Waals surface area contributed by atoms with Gasteiger partial charge in [0.1, 0.15) is 16.3 Å². The monoisotopic (exact) mass is 478 g/mol. The quantitative estimate of drug-likeness (QED) is 0.384. The lowest BCUT2D eigenvalue weighted by atomic mass is 9.98. The van der Waals surface area contributed by atoms with Crippen molar-refractivity contribution in [2.75, 3.05) is 22.1 Å². The van der Waals surface area contributed by atoms with Gasteiger partial charge in [-0.25, -0.2) is 9.97 Å². The maximum absolute atomic E-state index is 13.3. The van der Waals surface area contributed by atoms with Crippen molar-refractivity contribution in [1.29, 1.82) is 0 Å². The summed E-state index contributed by atoms with van der Waals surface area (Å²) >= 11 is 5.81. The number of nitrogens with one attached hydrogen (secondary N) is 3. The molecule has 0 unspecified atom stereocenters. The summed E-state index contributed by atoms with van der Waals surface area (Å²) in [7, 11) is 0. The fourth-order valence-corrected chi connectivity index (χ4v) is 4.49. The number of fused-ring (bicyclic) bond motifs is 1. The highest BCUT2D eigenvalue weighted by atomic mass is 35.5. The SMILES string of the molecule is C[C@@]1(C(=O)Nc2cnc(Cl)cn2)CCCN1c1nc(Nc2cc(C3CC3)[nH]n2)n2cccc2n1. The topological polar surface area (TPSA) is 129 Å². The molecule has 2 aliphatic rings. The van der Waals surface area contributed by atoms with Gasteiger partial charge in [0.15, 0.2) is 11.6 Å². The van der Waals surface area contributed by atoms with E-state index in [0.717, 1.165) is 17.8 Å². The van der Waals surface area contributed by atoms with Crippen LogP contribution < -0.4 is 15.5 Å². The van der Waals surface area contributed by atoms with Gasteiger partial charge in [0.25, 0.3) is 5.91 Å². The Balaban J connectivity index is 1.31. The van der Waals surface area contributed by atoms with E-state index in [1.54, 1.807) is 0 Å². The van der Waals surface area contributed by atoms with Crippen LogP contribution in [-0.2, 0) is 4.79 Å². The summed E-state index contributed by atoms with van der Waals surface area (Å²) in [6.45, 7) is 2.55. The molecule has 1 amide bonds. The molecule has 3 N–H and O–H groups in total. The van der Waals surface area contributed by atoms with Crippen LogP contribution in [-0.4, -0.2) is 52.5 Å². The third-order valence-corrected chi connectivity index (χ3v) is 6.66. The lowest BCUT2D eigenvalue weighted by Crippen LogP contribution is -2.51. The van der Waals surface area contributed by atoms with Crippen molar-refractivity contribution in [3.8, 4) is 0 Å². The second kappa shape index (κ2) is 7.94. The first-order chi connectivity index (χ1) is 16.5. The number of rotatable bonds is 6. The Kier molecular flexibility index (Phi) is 4.87. The van der Waals surface area contributed by atoms with Gasteiger partial charge in [-0.2, -0.15) is 15.1 Å². The van der Waals surface area contributed by atoms with Crippen molar-refractivity contribution in [2.24, 2.45) is 0 Å². The minimum atomic E-state index is -0.852. The summed E-state index contributed by atoms with van der Waals surface area (Å²) in [6, 6.07) is 5.84. The highest BCUT2D eigenvalue weighted by molar-refractivity contribution is 6.29. The second-order valence-corrected chi connectivity index (χ2v) is 9.29. The number of hydrogen-bond acceptors (Lipinski definition) is 8. The van der Waals surface area contributed by atoms with Gasteiger partial charge in [0.2, 0.25) is 11.9 Å². The summed E-state index contributed by atoms with van der Waals surface area (Å²) in [4.78, 5) is 32.9. The number of carbonyl (C=O) groups excluding carboxylic acids is 1. The van der Waals surface area contributed by atoms with E-state index in [1.807, 2.05) is 40.6 Å². The average Bonchev–Trinajstić information content (AvgIpc) is 3.20. The fraction of sp³-hybridized carbons (Fsp3) is 0.364. The van der Waals surface area contributed by atoms with Gasteiger partial charge in [-0.15, -0.1) is 0 Å². The molecule has 0 bridgehead atoms. The van der Waals surface area contributed by atoms with Crippen molar-refractivity contribution in [2.45, 2.75) is 44.1 Å². The first-order valence-electron chi connectivity index (χ1n) is 11.2. The number of aromatic amines is 1. The molecule has 1 atom stereocenters. The van der Waals surface area contributed by atoms with Gasteiger partial charge in [0, 0.05) is 30.4 Å². The average molecular weight is 479 g/mol. The fourth-order valence-electron chi connectivity index (χ4n) is 4.39. The van der Waals surface area contributed by atoms with Crippen LogP contribution in [0.25, 0.3) is 5.65 Å². The molecule has 1 aliphatic carbocycles. The highest BCUT2D eigenvalue weighted by Crippen LogP contribution is 2.40. The van der Waals surface area contributed by atoms with Gasteiger partial charge in [-0.3, -0.25) is 14.3 Å². The number of carbonyl (C=O) groups is 1. The van der Waals surface area contributed by atoms with Crippen molar-refractivity contribution >= 4 is 46.7 Å². The molecule has 4 aromatic rings. The Hall–Kier alpha value is -3.73. The largest absolute Gasteiger partial charge is 0.326 e. The predicted molar refractivity (Wildman–Crippen MR) is 127 cm³/mol. The second-order valence-electron chi connectivity index (χ2n) is 8.90. The molecule has 0 spiro atoms. The number of aromatic nitrogens is 7. The Morgan fingerprint density at radius 1 is 1.24 bits per heavy atom. The van der Waals surface area contributed by atoms with Crippen LogP contribution in [0.1, 0.15) is 44.2 Å². The zero-order valence-corrected chi connectivity index (χ0v) is 19.2. The van der Waals surface area contributed by atoms with Gasteiger partial charge >= 0.3 is 0 Å². The van der Waals surface area contributed by atoms with Crippen LogP contribution in [0.5, 0.6) is 0 Å². The number of hydrogen-bond donors (Lipinski definition) is 3. The molecular formula is C22H23ClN10O. The van der Waals surface area contributed by atoms with E-state index < -0.39 is 5.54 Å². The molecule has 0 radical (unpaired) electrons. The van der Waals surface area contributed by atoms with Crippen LogP contribution in [0.3, 0.4) is 0 Å². The maximum atomic E-state index is 13.3. The molecule has 5 heterocycles. The zero-order chi connectivity index (χ0) is 23.3. The van der Waals surface area contributed by atoms with E-state index in [-0.39, 0.29) is 11.1 Å². The minimum absolute atomic E-state index is 0.198. The van der Waals surface area contributed by atoms with E-state index in [9.17, 15) is 4.79 Å². The Labute approximate surface area is 200 Å². The van der Waals surface area contributed by atoms with Gasteiger partial charge in [-0.05, 0) is 44.7 Å². The highest BCUT2D eigenvalue weighted by Gasteiger charge is 2.45. The van der Waals surface area contributed by atoms with Crippen LogP contribution in [0, 0.1) is 0 Å². The first kappa shape index (κ1) is 20.8. The van der Waals surface area contributed by atoms with E-state index in [4.69, 9.17) is 21.6 Å². The predicted octanol–water partition coefficient (Wildman–Crippen LogP) is 3.51. The molecule has 1 saturated carbocycles. The van der Waals surface area contributed by atoms with Crippen LogP contribution in [0.15, 0.2) is 36.8 Å². The normalized spacial score (nSPS) is 20.1. The maximum Gasteiger partial charge on any atom is 0.251 e. The van der Waals surface area contributed by atoms with Crippen molar-refractivity contribution in [3.63, 3.8) is 0 Å². The molecule has 1 aliphatic heterocycles. The molecule has 1 saturated heterocycles. The molecule has 34 heavy (non-hydrogen) atoms. The third-order valence-electron chi connectivity index (χ3n) is 6.46. The van der Waals surface area contributed by atoms with Crippen LogP contribution in [0.2, 0.25) is 5.15 Å². The van der Waals surface area contributed by atoms with Crippen LogP contribution in [0.4, 0.5) is 23.5 Å². The lowest BCUT2D eigenvalue weighted by Gasteiger charge is -2.33. The van der Waals surface area contributed by atoms with E-state index in [0.29, 0.717) is 42.4 Å². The summed E-state index contributed by atoms with van der Waals surface area (Å²) in [6.07, 6.45) is 8.60.